The van der Waals surface area contributed by atoms with E-state index in [2.05, 4.69) is 22.4 Å². The van der Waals surface area contributed by atoms with Gasteiger partial charge in [0.1, 0.15) is 6.04 Å². The number of anilines is 1. The molecule has 0 saturated carbocycles. The van der Waals surface area contributed by atoms with Gasteiger partial charge in [-0.2, -0.15) is 4.98 Å². The van der Waals surface area contributed by atoms with Gasteiger partial charge in [-0.3, -0.25) is 0 Å². The Bertz CT molecular complexity index is 1030. The van der Waals surface area contributed by atoms with E-state index in [0.29, 0.717) is 23.3 Å². The van der Waals surface area contributed by atoms with E-state index in [0.717, 1.165) is 17.0 Å². The summed E-state index contributed by atoms with van der Waals surface area (Å²) in [6, 6.07) is 19.7. The highest BCUT2D eigenvalue weighted by atomic mass is 32.2. The maximum absolute atomic E-state index is 12.7. The molecular formula is C22H22N4O2S. The van der Waals surface area contributed by atoms with Gasteiger partial charge in [0.05, 0.1) is 12.2 Å². The zero-order valence-electron chi connectivity index (χ0n) is 16.3. The quantitative estimate of drug-likeness (QED) is 0.483. The molecule has 6 nitrogen and oxygen atoms in total. The molecule has 0 spiro atoms. The maximum Gasteiger partial charge on any atom is 0.338 e. The number of carbonyl (C=O) groups is 1. The third-order valence-electron chi connectivity index (χ3n) is 4.65. The van der Waals surface area contributed by atoms with E-state index in [-0.39, 0.29) is 12.0 Å². The smallest absolute Gasteiger partial charge is 0.338 e. The van der Waals surface area contributed by atoms with Gasteiger partial charge in [-0.25, -0.2) is 9.48 Å². The average Bonchev–Trinajstić information content (AvgIpc) is 3.15. The number of rotatable bonds is 6. The molecule has 2 heterocycles. The van der Waals surface area contributed by atoms with Crippen LogP contribution in [-0.4, -0.2) is 27.3 Å². The average molecular weight is 407 g/mol. The topological polar surface area (TPSA) is 69.0 Å². The standard InChI is InChI=1S/C22H22N4O2S/c1-3-28-20(27)18-15(2)23-21-24-22(29-14-16-10-6-4-7-11-16)25-26(21)19(18)17-12-8-5-9-13-17/h4-13,19H,3,14H2,1-2H3,(H,23,24,25). The number of hydrogen-bond donors (Lipinski definition) is 1. The lowest BCUT2D eigenvalue weighted by Crippen LogP contribution is -2.29. The number of esters is 1. The highest BCUT2D eigenvalue weighted by Gasteiger charge is 2.35. The summed E-state index contributed by atoms with van der Waals surface area (Å²) in [4.78, 5) is 17.4. The fourth-order valence-electron chi connectivity index (χ4n) is 3.33. The van der Waals surface area contributed by atoms with Gasteiger partial charge in [-0.15, -0.1) is 5.10 Å². The number of fused-ring (bicyclic) bond motifs is 1. The van der Waals surface area contributed by atoms with Crippen LogP contribution in [-0.2, 0) is 15.3 Å². The molecule has 29 heavy (non-hydrogen) atoms. The second kappa shape index (κ2) is 8.53. The van der Waals surface area contributed by atoms with Crippen LogP contribution in [0.15, 0.2) is 77.1 Å². The van der Waals surface area contributed by atoms with E-state index in [4.69, 9.17) is 9.84 Å². The van der Waals surface area contributed by atoms with Crippen molar-refractivity contribution in [2.75, 3.05) is 11.9 Å². The molecule has 0 fully saturated rings. The third-order valence-corrected chi connectivity index (χ3v) is 5.56. The lowest BCUT2D eigenvalue weighted by molar-refractivity contribution is -0.139. The molecule has 0 aliphatic carbocycles. The van der Waals surface area contributed by atoms with Crippen molar-refractivity contribution in [1.82, 2.24) is 14.8 Å². The number of hydrogen-bond acceptors (Lipinski definition) is 6. The summed E-state index contributed by atoms with van der Waals surface area (Å²) in [5, 5.41) is 8.60. The summed E-state index contributed by atoms with van der Waals surface area (Å²) >= 11 is 1.57. The molecule has 1 N–H and O–H groups in total. The highest BCUT2D eigenvalue weighted by Crippen LogP contribution is 2.36. The Morgan fingerprint density at radius 2 is 1.83 bits per heavy atom. The van der Waals surface area contributed by atoms with Crippen LogP contribution < -0.4 is 5.32 Å². The van der Waals surface area contributed by atoms with Gasteiger partial charge in [0, 0.05) is 11.4 Å². The first-order valence-corrected chi connectivity index (χ1v) is 10.5. The van der Waals surface area contributed by atoms with Crippen LogP contribution in [0.5, 0.6) is 0 Å². The highest BCUT2D eigenvalue weighted by molar-refractivity contribution is 7.98. The van der Waals surface area contributed by atoms with Crippen molar-refractivity contribution in [2.45, 2.75) is 30.8 Å². The van der Waals surface area contributed by atoms with Crippen LogP contribution >= 0.6 is 11.8 Å². The summed E-state index contributed by atoms with van der Waals surface area (Å²) in [7, 11) is 0. The van der Waals surface area contributed by atoms with E-state index in [1.54, 1.807) is 23.4 Å². The van der Waals surface area contributed by atoms with Gasteiger partial charge in [-0.1, -0.05) is 72.4 Å². The van der Waals surface area contributed by atoms with Gasteiger partial charge in [0.25, 0.3) is 0 Å². The van der Waals surface area contributed by atoms with E-state index in [1.807, 2.05) is 55.5 Å². The molecule has 1 aliphatic rings. The largest absolute Gasteiger partial charge is 0.463 e. The summed E-state index contributed by atoms with van der Waals surface area (Å²) in [5.41, 5.74) is 3.45. The molecule has 148 valence electrons. The summed E-state index contributed by atoms with van der Waals surface area (Å²) in [6.45, 7) is 4.00. The molecule has 0 amide bonds. The molecule has 2 aromatic carbocycles. The Labute approximate surface area is 174 Å². The van der Waals surface area contributed by atoms with Crippen molar-refractivity contribution in [3.05, 3.63) is 83.1 Å². The van der Waals surface area contributed by atoms with Gasteiger partial charge < -0.3 is 10.1 Å². The van der Waals surface area contributed by atoms with Crippen LogP contribution in [0.25, 0.3) is 0 Å². The molecule has 3 aromatic rings. The zero-order chi connectivity index (χ0) is 20.2. The molecule has 7 heteroatoms. The lowest BCUT2D eigenvalue weighted by atomic mass is 9.96. The van der Waals surface area contributed by atoms with Crippen molar-refractivity contribution < 1.29 is 9.53 Å². The molecule has 1 aliphatic heterocycles. The van der Waals surface area contributed by atoms with Gasteiger partial charge >= 0.3 is 5.97 Å². The predicted octanol–water partition coefficient (Wildman–Crippen LogP) is 4.42. The van der Waals surface area contributed by atoms with Crippen LogP contribution in [0.2, 0.25) is 0 Å². The number of nitrogens with one attached hydrogen (secondary N) is 1. The second-order valence-electron chi connectivity index (χ2n) is 6.63. The minimum atomic E-state index is -0.384. The first-order valence-electron chi connectivity index (χ1n) is 9.50. The van der Waals surface area contributed by atoms with Gasteiger partial charge in [-0.05, 0) is 25.0 Å². The fraction of sp³-hybridized carbons (Fsp3) is 0.227. The molecule has 0 bridgehead atoms. The van der Waals surface area contributed by atoms with E-state index in [1.165, 1.54) is 5.56 Å². The van der Waals surface area contributed by atoms with Crippen molar-refractivity contribution >= 4 is 23.7 Å². The Kier molecular flexibility index (Phi) is 5.67. The normalized spacial score (nSPS) is 15.6. The molecular weight excluding hydrogens is 384 g/mol. The van der Waals surface area contributed by atoms with Crippen molar-refractivity contribution in [1.29, 1.82) is 0 Å². The number of allylic oxidation sites excluding steroid dienone is 1. The lowest BCUT2D eigenvalue weighted by Gasteiger charge is -2.28. The summed E-state index contributed by atoms with van der Waals surface area (Å²) in [6.07, 6.45) is 0. The van der Waals surface area contributed by atoms with Crippen molar-refractivity contribution in [3.63, 3.8) is 0 Å². The molecule has 1 aromatic heterocycles. The van der Waals surface area contributed by atoms with Crippen molar-refractivity contribution in [2.24, 2.45) is 0 Å². The number of ether oxygens (including phenoxy) is 1. The molecule has 4 rings (SSSR count). The minimum absolute atomic E-state index is 0.319. The SMILES string of the molecule is CCOC(=O)C1=C(C)Nc2nc(SCc3ccccc3)nn2C1c1ccccc1. The van der Waals surface area contributed by atoms with E-state index >= 15 is 0 Å². The van der Waals surface area contributed by atoms with Crippen LogP contribution in [0.3, 0.4) is 0 Å². The molecule has 0 radical (unpaired) electrons. The Morgan fingerprint density at radius 1 is 1.14 bits per heavy atom. The van der Waals surface area contributed by atoms with E-state index in [9.17, 15) is 4.79 Å². The summed E-state index contributed by atoms with van der Waals surface area (Å²) < 4.78 is 7.11. The fourth-order valence-corrected chi connectivity index (χ4v) is 4.12. The molecule has 0 saturated heterocycles. The molecule has 1 atom stereocenters. The second-order valence-corrected chi connectivity index (χ2v) is 7.58. The van der Waals surface area contributed by atoms with Crippen molar-refractivity contribution in [3.8, 4) is 0 Å². The zero-order valence-corrected chi connectivity index (χ0v) is 17.1. The number of thioether (sulfide) groups is 1. The summed E-state index contributed by atoms with van der Waals surface area (Å²) in [5.74, 6) is 1.06. The van der Waals surface area contributed by atoms with Gasteiger partial charge in [0.15, 0.2) is 0 Å². The first kappa shape index (κ1) is 19.3. The van der Waals surface area contributed by atoms with Crippen LogP contribution in [0, 0.1) is 0 Å². The van der Waals surface area contributed by atoms with Crippen LogP contribution in [0.1, 0.15) is 31.0 Å². The number of benzene rings is 2. The van der Waals surface area contributed by atoms with Crippen LogP contribution in [0.4, 0.5) is 5.95 Å². The Hall–Kier alpha value is -3.06. The predicted molar refractivity (Wildman–Crippen MR) is 114 cm³/mol. The Morgan fingerprint density at radius 3 is 2.52 bits per heavy atom. The van der Waals surface area contributed by atoms with E-state index < -0.39 is 0 Å². The Balaban J connectivity index is 1.68. The number of aromatic nitrogens is 3. The maximum atomic E-state index is 12.7. The van der Waals surface area contributed by atoms with Gasteiger partial charge in [0.2, 0.25) is 11.1 Å². The number of nitrogens with zero attached hydrogens (tertiary/aromatic N) is 3. The third kappa shape index (κ3) is 4.05. The molecule has 1 unspecified atom stereocenters. The monoisotopic (exact) mass is 406 g/mol. The first-order chi connectivity index (χ1) is 14.2. The number of carbonyl (C=O) groups excluding carboxylic acids is 1. The minimum Gasteiger partial charge on any atom is -0.463 e.